The van der Waals surface area contributed by atoms with Gasteiger partial charge in [-0.2, -0.15) is 5.10 Å². The molecule has 2 aromatic carbocycles. The van der Waals surface area contributed by atoms with E-state index in [1.54, 1.807) is 18.2 Å². The van der Waals surface area contributed by atoms with E-state index in [4.69, 9.17) is 26.1 Å². The minimum atomic E-state index is -3.94. The van der Waals surface area contributed by atoms with Gasteiger partial charge in [0.2, 0.25) is 5.88 Å². The highest BCUT2D eigenvalue weighted by molar-refractivity contribution is 7.92. The number of ether oxygens (including phenoxy) is 2. The van der Waals surface area contributed by atoms with E-state index < -0.39 is 10.0 Å². The highest BCUT2D eigenvalue weighted by atomic mass is 35.5. The summed E-state index contributed by atoms with van der Waals surface area (Å²) in [6.45, 7) is 10.9. The number of halogens is 1. The van der Waals surface area contributed by atoms with Crippen LogP contribution in [0.15, 0.2) is 53.4 Å². The van der Waals surface area contributed by atoms with Crippen LogP contribution < -0.4 is 14.2 Å². The minimum absolute atomic E-state index is 0.0170. The molecule has 5 rings (SSSR count). The molecule has 0 unspecified atom stereocenters. The largest absolute Gasteiger partial charge is 0.497 e. The van der Waals surface area contributed by atoms with Crippen LogP contribution in [0.2, 0.25) is 5.02 Å². The summed E-state index contributed by atoms with van der Waals surface area (Å²) in [5.41, 5.74) is 3.43. The normalized spacial score (nSPS) is 17.5. The van der Waals surface area contributed by atoms with Gasteiger partial charge in [0, 0.05) is 46.9 Å². The van der Waals surface area contributed by atoms with Gasteiger partial charge >= 0.3 is 0 Å². The van der Waals surface area contributed by atoms with Gasteiger partial charge in [0.25, 0.3) is 10.0 Å². The number of fused-ring (bicyclic) bond motifs is 1. The SMILES string of the molecule is COc1ccc(Cl)c(S(=O)(=O)Nc2ccc(-c3cc4n[nH]c(C)c4c(OC4CC(C)(C)N(C)C(C)(C)C4)n3)cc2)c1. The summed E-state index contributed by atoms with van der Waals surface area (Å²) in [5.74, 6) is 0.938. The van der Waals surface area contributed by atoms with Crippen molar-refractivity contribution in [2.75, 3.05) is 18.9 Å². The van der Waals surface area contributed by atoms with Crippen LogP contribution in [-0.4, -0.2) is 59.8 Å². The first-order valence-corrected chi connectivity index (χ1v) is 15.3. The summed E-state index contributed by atoms with van der Waals surface area (Å²) in [6.07, 6.45) is 1.71. The zero-order valence-electron chi connectivity index (χ0n) is 24.4. The fraction of sp³-hybridized carbons (Fsp3) is 0.400. The Kier molecular flexibility index (Phi) is 7.46. The molecule has 4 aromatic rings. The van der Waals surface area contributed by atoms with Crippen molar-refractivity contribution in [3.63, 3.8) is 0 Å². The van der Waals surface area contributed by atoms with Crippen LogP contribution in [0.3, 0.4) is 0 Å². The fourth-order valence-corrected chi connectivity index (χ4v) is 7.21. The highest BCUT2D eigenvalue weighted by Crippen LogP contribution is 2.40. The molecule has 9 nitrogen and oxygen atoms in total. The maximum absolute atomic E-state index is 13.0. The van der Waals surface area contributed by atoms with E-state index in [0.29, 0.717) is 23.0 Å². The second-order valence-corrected chi connectivity index (χ2v) is 13.9. The number of rotatable bonds is 7. The molecule has 2 aromatic heterocycles. The fourth-order valence-electron chi connectivity index (χ4n) is 5.64. The van der Waals surface area contributed by atoms with Gasteiger partial charge in [-0.1, -0.05) is 23.7 Å². The number of anilines is 1. The summed E-state index contributed by atoms with van der Waals surface area (Å²) in [4.78, 5) is 7.28. The van der Waals surface area contributed by atoms with Crippen LogP contribution in [0.1, 0.15) is 46.2 Å². The summed E-state index contributed by atoms with van der Waals surface area (Å²) >= 11 is 6.18. The standard InChI is InChI=1S/C30H36ClN5O4S/c1-18-27-25(34-33-18)15-24(32-28(27)40-22-16-29(2,3)36(6)30(4,5)17-22)19-8-10-20(11-9-19)35-41(37,38)26-14-21(39-7)12-13-23(26)31/h8-15,22,35H,16-17H2,1-7H3,(H,33,34). The lowest BCUT2D eigenvalue weighted by Crippen LogP contribution is -2.60. The molecule has 0 radical (unpaired) electrons. The number of likely N-dealkylation sites (tertiary alicyclic amines) is 1. The smallest absolute Gasteiger partial charge is 0.263 e. The number of benzene rings is 2. The van der Waals surface area contributed by atoms with Crippen molar-refractivity contribution in [1.29, 1.82) is 0 Å². The number of nitrogens with one attached hydrogen (secondary N) is 2. The van der Waals surface area contributed by atoms with Crippen molar-refractivity contribution in [1.82, 2.24) is 20.1 Å². The van der Waals surface area contributed by atoms with Crippen LogP contribution in [0.5, 0.6) is 11.6 Å². The molecule has 1 aliphatic heterocycles. The third-order valence-corrected chi connectivity index (χ3v) is 9.96. The van der Waals surface area contributed by atoms with Crippen molar-refractivity contribution in [2.24, 2.45) is 0 Å². The Hall–Kier alpha value is -3.34. The van der Waals surface area contributed by atoms with Gasteiger partial charge in [0.05, 0.1) is 28.7 Å². The van der Waals surface area contributed by atoms with Crippen LogP contribution in [0.25, 0.3) is 22.2 Å². The van der Waals surface area contributed by atoms with Crippen LogP contribution in [-0.2, 0) is 10.0 Å². The van der Waals surface area contributed by atoms with Gasteiger partial charge < -0.3 is 9.47 Å². The summed E-state index contributed by atoms with van der Waals surface area (Å²) in [5, 5.41) is 8.51. The predicted octanol–water partition coefficient (Wildman–Crippen LogP) is 6.43. The Morgan fingerprint density at radius 1 is 1.05 bits per heavy atom. The maximum atomic E-state index is 13.0. The zero-order valence-corrected chi connectivity index (χ0v) is 25.9. The second kappa shape index (κ2) is 10.5. The molecule has 0 atom stereocenters. The topological polar surface area (TPSA) is 109 Å². The van der Waals surface area contributed by atoms with E-state index in [0.717, 1.165) is 35.0 Å². The van der Waals surface area contributed by atoms with E-state index in [-0.39, 0.29) is 27.1 Å². The molecule has 1 saturated heterocycles. The summed E-state index contributed by atoms with van der Waals surface area (Å²) < 4.78 is 40.5. The Morgan fingerprint density at radius 3 is 2.34 bits per heavy atom. The van der Waals surface area contributed by atoms with Crippen molar-refractivity contribution in [3.05, 3.63) is 59.2 Å². The molecular formula is C30H36ClN5O4S. The van der Waals surface area contributed by atoms with Gasteiger partial charge in [-0.05, 0) is 72.0 Å². The molecule has 218 valence electrons. The quantitative estimate of drug-likeness (QED) is 0.253. The van der Waals surface area contributed by atoms with Crippen LogP contribution >= 0.6 is 11.6 Å². The Labute approximate surface area is 246 Å². The third-order valence-electron chi connectivity index (χ3n) is 8.09. The number of hydrogen-bond donors (Lipinski definition) is 2. The molecular weight excluding hydrogens is 562 g/mol. The van der Waals surface area contributed by atoms with Crippen molar-refractivity contribution in [3.8, 4) is 22.9 Å². The van der Waals surface area contributed by atoms with Gasteiger partial charge in [-0.25, -0.2) is 13.4 Å². The molecule has 2 N–H and O–H groups in total. The lowest BCUT2D eigenvalue weighted by molar-refractivity contribution is -0.0562. The average Bonchev–Trinajstić information content (AvgIpc) is 3.28. The number of hydrogen-bond acceptors (Lipinski definition) is 7. The number of pyridine rings is 1. The van der Waals surface area contributed by atoms with Gasteiger partial charge in [-0.15, -0.1) is 0 Å². The molecule has 3 heterocycles. The first kappa shape index (κ1) is 29.2. The average molecular weight is 598 g/mol. The number of sulfonamides is 1. The summed E-state index contributed by atoms with van der Waals surface area (Å²) in [7, 11) is -0.307. The Balaban J connectivity index is 1.43. The number of aromatic nitrogens is 3. The van der Waals surface area contributed by atoms with Crippen molar-refractivity contribution >= 4 is 38.2 Å². The Morgan fingerprint density at radius 2 is 1.71 bits per heavy atom. The van der Waals surface area contributed by atoms with Crippen LogP contribution in [0.4, 0.5) is 5.69 Å². The molecule has 0 aliphatic carbocycles. The molecule has 0 spiro atoms. The predicted molar refractivity (Wildman–Crippen MR) is 162 cm³/mol. The number of nitrogens with zero attached hydrogens (tertiary/aromatic N) is 3. The first-order valence-electron chi connectivity index (χ1n) is 13.4. The first-order chi connectivity index (χ1) is 19.2. The van der Waals surface area contributed by atoms with E-state index >= 15 is 0 Å². The van der Waals surface area contributed by atoms with Crippen LogP contribution in [0, 0.1) is 6.92 Å². The number of H-pyrrole nitrogens is 1. The lowest BCUT2D eigenvalue weighted by atomic mass is 9.79. The third kappa shape index (κ3) is 5.73. The number of aromatic amines is 1. The van der Waals surface area contributed by atoms with Crippen molar-refractivity contribution < 1.29 is 17.9 Å². The monoisotopic (exact) mass is 597 g/mol. The molecule has 1 aliphatic rings. The van der Waals surface area contributed by atoms with E-state index in [2.05, 4.69) is 54.6 Å². The minimum Gasteiger partial charge on any atom is -0.497 e. The van der Waals surface area contributed by atoms with E-state index in [1.165, 1.54) is 19.2 Å². The second-order valence-electron chi connectivity index (χ2n) is 11.9. The molecule has 0 amide bonds. The number of methoxy groups -OCH3 is 1. The molecule has 0 saturated carbocycles. The summed E-state index contributed by atoms with van der Waals surface area (Å²) in [6, 6.07) is 13.4. The molecule has 41 heavy (non-hydrogen) atoms. The van der Waals surface area contributed by atoms with Gasteiger partial charge in [0.1, 0.15) is 16.7 Å². The van der Waals surface area contributed by atoms with E-state index in [9.17, 15) is 8.42 Å². The Bertz CT molecular complexity index is 1680. The number of aryl methyl sites for hydroxylation is 1. The van der Waals surface area contributed by atoms with Crippen molar-refractivity contribution in [2.45, 2.75) is 69.5 Å². The number of piperidine rings is 1. The lowest BCUT2D eigenvalue weighted by Gasteiger charge is -2.53. The molecule has 11 heteroatoms. The molecule has 0 bridgehead atoms. The maximum Gasteiger partial charge on any atom is 0.263 e. The zero-order chi connectivity index (χ0) is 29.7. The van der Waals surface area contributed by atoms with E-state index in [1.807, 2.05) is 25.1 Å². The van der Waals surface area contributed by atoms with Gasteiger partial charge in [-0.3, -0.25) is 14.7 Å². The van der Waals surface area contributed by atoms with Gasteiger partial charge in [0.15, 0.2) is 0 Å². The highest BCUT2D eigenvalue weighted by Gasteiger charge is 2.44. The molecule has 1 fully saturated rings.